The third-order valence-corrected chi connectivity index (χ3v) is 3.98. The van der Waals surface area contributed by atoms with Crippen molar-refractivity contribution in [3.63, 3.8) is 0 Å². The Kier molecular flexibility index (Phi) is 5.44. The minimum absolute atomic E-state index is 0.367. The Hall–Kier alpha value is 0.500. The first-order valence-corrected chi connectivity index (χ1v) is 6.67. The van der Waals surface area contributed by atoms with E-state index >= 15 is 0 Å². The predicted molar refractivity (Wildman–Crippen MR) is 50.8 cm³/mol. The van der Waals surface area contributed by atoms with Crippen LogP contribution in [0.3, 0.4) is 0 Å². The maximum Gasteiger partial charge on any atom is 0.276 e. The van der Waals surface area contributed by atoms with Gasteiger partial charge in [-0.1, -0.05) is 25.8 Å². The van der Waals surface area contributed by atoms with Crippen LogP contribution in [0.5, 0.6) is 0 Å². The molecular formula is C6H16NO2PS. The zero-order valence-corrected chi connectivity index (χ0v) is 8.91. The molecule has 0 saturated heterocycles. The van der Waals surface area contributed by atoms with Crippen LogP contribution in [0.15, 0.2) is 0 Å². The van der Waals surface area contributed by atoms with E-state index in [1.807, 2.05) is 13.8 Å². The summed E-state index contributed by atoms with van der Waals surface area (Å²) in [6.07, 6.45) is 2.91. The maximum atomic E-state index is 11.1. The zero-order valence-electron chi connectivity index (χ0n) is 7.20. The molecule has 0 rings (SSSR count). The van der Waals surface area contributed by atoms with Crippen LogP contribution in [0.1, 0.15) is 20.3 Å². The molecule has 0 fully saturated rings. The second-order valence-electron chi connectivity index (χ2n) is 2.90. The summed E-state index contributed by atoms with van der Waals surface area (Å²) < 4.78 is 13.6. The SMILES string of the molecule is CSNP(=O)(O)CCC(C)C. The van der Waals surface area contributed by atoms with Crippen molar-refractivity contribution in [2.24, 2.45) is 5.92 Å². The average Bonchev–Trinajstić information content (AvgIpc) is 1.84. The van der Waals surface area contributed by atoms with Crippen LogP contribution in [-0.4, -0.2) is 17.3 Å². The Balaban J connectivity index is 3.64. The summed E-state index contributed by atoms with van der Waals surface area (Å²) in [4.78, 5) is 9.19. The Morgan fingerprint density at radius 1 is 1.64 bits per heavy atom. The molecule has 0 saturated carbocycles. The van der Waals surface area contributed by atoms with Crippen molar-refractivity contribution in [3.05, 3.63) is 0 Å². The highest BCUT2D eigenvalue weighted by Gasteiger charge is 2.16. The Morgan fingerprint density at radius 3 is 2.55 bits per heavy atom. The van der Waals surface area contributed by atoms with E-state index in [-0.39, 0.29) is 0 Å². The van der Waals surface area contributed by atoms with Gasteiger partial charge in [0.25, 0.3) is 7.52 Å². The van der Waals surface area contributed by atoms with E-state index < -0.39 is 7.52 Å². The quantitative estimate of drug-likeness (QED) is 0.523. The van der Waals surface area contributed by atoms with Gasteiger partial charge in [-0.15, -0.1) is 0 Å². The van der Waals surface area contributed by atoms with Crippen molar-refractivity contribution in [2.75, 3.05) is 12.4 Å². The fraction of sp³-hybridized carbons (Fsp3) is 1.00. The van der Waals surface area contributed by atoms with Crippen LogP contribution in [0.2, 0.25) is 0 Å². The lowest BCUT2D eigenvalue weighted by Gasteiger charge is -2.11. The normalized spacial score (nSPS) is 16.8. The molecule has 0 radical (unpaired) electrons. The van der Waals surface area contributed by atoms with Crippen molar-refractivity contribution in [1.29, 1.82) is 0 Å². The molecule has 0 amide bonds. The molecule has 0 aromatic carbocycles. The predicted octanol–water partition coefficient (Wildman–Crippen LogP) is 2.09. The molecule has 0 aromatic heterocycles. The third-order valence-electron chi connectivity index (χ3n) is 1.24. The number of nitrogens with one attached hydrogen (secondary N) is 1. The second kappa shape index (κ2) is 5.20. The molecule has 0 aliphatic heterocycles. The highest BCUT2D eigenvalue weighted by molar-refractivity contribution is 8.01. The summed E-state index contributed by atoms with van der Waals surface area (Å²) in [5.74, 6) is 0.485. The van der Waals surface area contributed by atoms with Gasteiger partial charge < -0.3 is 4.89 Å². The topological polar surface area (TPSA) is 49.3 Å². The standard InChI is InChI=1S/C6H16NO2PS/c1-6(2)4-5-10(8,9)7-11-3/h6H,4-5H2,1-3H3,(H2,7,8,9). The first-order valence-electron chi connectivity index (χ1n) is 3.60. The molecule has 1 unspecified atom stereocenters. The van der Waals surface area contributed by atoms with Gasteiger partial charge in [-0.2, -0.15) is 4.49 Å². The lowest BCUT2D eigenvalue weighted by atomic mass is 10.2. The van der Waals surface area contributed by atoms with E-state index in [2.05, 4.69) is 4.49 Å². The van der Waals surface area contributed by atoms with Crippen LogP contribution in [0.25, 0.3) is 0 Å². The first kappa shape index (κ1) is 11.5. The molecule has 1 atom stereocenters. The molecule has 68 valence electrons. The van der Waals surface area contributed by atoms with Gasteiger partial charge in [0, 0.05) is 6.16 Å². The summed E-state index contributed by atoms with van der Waals surface area (Å²) in [5.41, 5.74) is 0. The van der Waals surface area contributed by atoms with Gasteiger partial charge in [-0.05, 0) is 18.6 Å². The summed E-state index contributed by atoms with van der Waals surface area (Å²) in [5, 5.41) is 0. The van der Waals surface area contributed by atoms with E-state index in [1.54, 1.807) is 6.26 Å². The van der Waals surface area contributed by atoms with Gasteiger partial charge in [0.1, 0.15) is 0 Å². The minimum atomic E-state index is -3.03. The largest absolute Gasteiger partial charge is 0.333 e. The Labute approximate surface area is 72.6 Å². The summed E-state index contributed by atoms with van der Waals surface area (Å²) in [6, 6.07) is 0. The van der Waals surface area contributed by atoms with Gasteiger partial charge in [0.2, 0.25) is 0 Å². The van der Waals surface area contributed by atoms with Gasteiger partial charge in [-0.25, -0.2) is 0 Å². The maximum absolute atomic E-state index is 11.1. The molecule has 3 nitrogen and oxygen atoms in total. The van der Waals surface area contributed by atoms with Gasteiger partial charge in [0.05, 0.1) is 0 Å². The average molecular weight is 197 g/mol. The summed E-state index contributed by atoms with van der Waals surface area (Å²) in [6.45, 7) is 4.08. The Bertz CT molecular complexity index is 152. The van der Waals surface area contributed by atoms with Crippen molar-refractivity contribution in [1.82, 2.24) is 4.49 Å². The minimum Gasteiger partial charge on any atom is -0.333 e. The van der Waals surface area contributed by atoms with Crippen LogP contribution in [0, 0.1) is 5.92 Å². The number of hydrogen-bond acceptors (Lipinski definition) is 2. The molecule has 0 heterocycles. The number of rotatable bonds is 5. The Morgan fingerprint density at radius 2 is 2.18 bits per heavy atom. The molecule has 0 aliphatic rings. The van der Waals surface area contributed by atoms with Crippen LogP contribution in [-0.2, 0) is 4.57 Å². The molecule has 0 aliphatic carbocycles. The molecule has 0 aromatic rings. The van der Waals surface area contributed by atoms with E-state index in [0.717, 1.165) is 6.42 Å². The van der Waals surface area contributed by atoms with E-state index in [4.69, 9.17) is 0 Å². The van der Waals surface area contributed by atoms with Crippen LogP contribution < -0.4 is 4.49 Å². The lowest BCUT2D eigenvalue weighted by molar-refractivity contribution is 0.467. The third kappa shape index (κ3) is 6.88. The fourth-order valence-corrected chi connectivity index (χ4v) is 2.99. The molecular weight excluding hydrogens is 181 g/mol. The fourth-order valence-electron chi connectivity index (χ4n) is 0.621. The first-order chi connectivity index (χ1) is 4.98. The van der Waals surface area contributed by atoms with E-state index in [9.17, 15) is 9.46 Å². The highest BCUT2D eigenvalue weighted by Crippen LogP contribution is 2.38. The van der Waals surface area contributed by atoms with E-state index in [1.165, 1.54) is 11.9 Å². The van der Waals surface area contributed by atoms with Crippen LogP contribution >= 0.6 is 19.5 Å². The monoisotopic (exact) mass is 197 g/mol. The van der Waals surface area contributed by atoms with Crippen molar-refractivity contribution >= 4 is 19.5 Å². The molecule has 0 bridgehead atoms. The summed E-state index contributed by atoms with van der Waals surface area (Å²) in [7, 11) is -3.03. The molecule has 0 spiro atoms. The number of hydrogen-bond donors (Lipinski definition) is 2. The molecule has 5 heteroatoms. The molecule has 2 N–H and O–H groups in total. The van der Waals surface area contributed by atoms with Crippen molar-refractivity contribution in [2.45, 2.75) is 20.3 Å². The summed E-state index contributed by atoms with van der Waals surface area (Å²) >= 11 is 1.20. The van der Waals surface area contributed by atoms with E-state index in [0.29, 0.717) is 12.1 Å². The van der Waals surface area contributed by atoms with Crippen LogP contribution in [0.4, 0.5) is 0 Å². The van der Waals surface area contributed by atoms with Crippen molar-refractivity contribution in [3.8, 4) is 0 Å². The highest BCUT2D eigenvalue weighted by atomic mass is 32.2. The zero-order chi connectivity index (χ0) is 8.91. The lowest BCUT2D eigenvalue weighted by Crippen LogP contribution is -2.04. The van der Waals surface area contributed by atoms with Gasteiger partial charge in [0.15, 0.2) is 0 Å². The smallest absolute Gasteiger partial charge is 0.276 e. The molecule has 11 heavy (non-hydrogen) atoms. The van der Waals surface area contributed by atoms with Gasteiger partial charge in [-0.3, -0.25) is 4.57 Å². The van der Waals surface area contributed by atoms with Crippen molar-refractivity contribution < 1.29 is 9.46 Å². The second-order valence-corrected chi connectivity index (χ2v) is 5.89. The van der Waals surface area contributed by atoms with Gasteiger partial charge >= 0.3 is 0 Å².